The number of anilines is 2. The zero-order valence-corrected chi connectivity index (χ0v) is 17.3. The second-order valence-corrected chi connectivity index (χ2v) is 5.73. The first-order valence-corrected chi connectivity index (χ1v) is 8.99. The van der Waals surface area contributed by atoms with Crippen molar-refractivity contribution in [2.75, 3.05) is 24.7 Å². The maximum atomic E-state index is 9.17. The quantitative estimate of drug-likeness (QED) is 0.251. The van der Waals surface area contributed by atoms with Gasteiger partial charge in [0.2, 0.25) is 6.41 Å². The topological polar surface area (TPSA) is 105 Å². The average Bonchev–Trinajstić information content (AvgIpc) is 2.73. The largest absolute Gasteiger partial charge is 0.489 e. The highest BCUT2D eigenvalue weighted by Crippen LogP contribution is 2.25. The summed E-state index contributed by atoms with van der Waals surface area (Å²) >= 11 is 0. The molecule has 1 amide bonds. The van der Waals surface area contributed by atoms with Crippen LogP contribution in [0.25, 0.3) is 0 Å². The van der Waals surface area contributed by atoms with Crippen LogP contribution in [0.1, 0.15) is 30.0 Å². The van der Waals surface area contributed by atoms with Crippen LogP contribution in [0.3, 0.4) is 0 Å². The van der Waals surface area contributed by atoms with Gasteiger partial charge in [-0.25, -0.2) is 5.84 Å². The van der Waals surface area contributed by atoms with Crippen LogP contribution in [-0.2, 0) is 16.2 Å². The van der Waals surface area contributed by atoms with Gasteiger partial charge < -0.3 is 20.2 Å². The molecule has 2 rings (SSSR count). The van der Waals surface area contributed by atoms with E-state index < -0.39 is 0 Å². The number of hydrazine groups is 1. The van der Waals surface area contributed by atoms with Crippen molar-refractivity contribution in [1.29, 1.82) is 0 Å². The van der Waals surface area contributed by atoms with Crippen LogP contribution >= 0.6 is 0 Å². The number of nitrogens with two attached hydrogens (primary N) is 1. The number of aldehydes is 1. The third-order valence-electron chi connectivity index (χ3n) is 3.75. The summed E-state index contributed by atoms with van der Waals surface area (Å²) in [5, 5.41) is 6.35. The van der Waals surface area contributed by atoms with E-state index in [9.17, 15) is 4.79 Å². The van der Waals surface area contributed by atoms with Gasteiger partial charge in [-0.1, -0.05) is 19.1 Å². The molecule has 0 atom stereocenters. The van der Waals surface area contributed by atoms with Gasteiger partial charge in [0.1, 0.15) is 18.6 Å². The second kappa shape index (κ2) is 15.0. The number of carbonyl (C=O) groups is 2. The van der Waals surface area contributed by atoms with E-state index in [-0.39, 0.29) is 0 Å². The number of ether oxygens (including phenoxy) is 1. The summed E-state index contributed by atoms with van der Waals surface area (Å²) in [4.78, 5) is 18.1. The van der Waals surface area contributed by atoms with E-state index in [2.05, 4.69) is 54.6 Å². The van der Waals surface area contributed by atoms with Crippen molar-refractivity contribution in [3.05, 3.63) is 53.1 Å². The molecule has 7 nitrogen and oxygen atoms in total. The van der Waals surface area contributed by atoms with E-state index in [0.29, 0.717) is 19.4 Å². The van der Waals surface area contributed by atoms with Gasteiger partial charge in [-0.05, 0) is 49.2 Å². The summed E-state index contributed by atoms with van der Waals surface area (Å²) in [6.07, 6.45) is 1.92. The molecule has 0 fully saturated rings. The van der Waals surface area contributed by atoms with Crippen molar-refractivity contribution in [1.82, 2.24) is 5.43 Å². The van der Waals surface area contributed by atoms with Crippen LogP contribution in [0.2, 0.25) is 0 Å². The molecule has 0 saturated carbocycles. The molecule has 0 radical (unpaired) electrons. The van der Waals surface area contributed by atoms with Gasteiger partial charge in [0.25, 0.3) is 0 Å². The molecule has 0 unspecified atom stereocenters. The van der Waals surface area contributed by atoms with Crippen LogP contribution in [0.4, 0.5) is 11.4 Å². The molecule has 0 aliphatic carbocycles. The van der Waals surface area contributed by atoms with Crippen molar-refractivity contribution in [2.24, 2.45) is 5.84 Å². The number of aryl methyl sites for hydroxylation is 2. The number of rotatable bonds is 7. The van der Waals surface area contributed by atoms with Crippen molar-refractivity contribution in [3.63, 3.8) is 0 Å². The Kier molecular flexibility index (Phi) is 13.4. The Morgan fingerprint density at radius 2 is 1.68 bits per heavy atom. The standard InChI is InChI=1S/C17H22N2O.C3H6O.CH4N2O/c1-12-6-5-7-16(19-4)15(12)11-20-17-9-8-14(18-3)10-13(17)2;1-2-3-4;2-3-1-4/h5-10,18-19H,11H2,1-4H3;3H,2H2,1H3;1H,2H2,(H,3,4). The SMILES string of the molecule is CCC=O.CNc1ccc(OCc2c(C)cccc2NC)c(C)c1.NNC=O. The Balaban J connectivity index is 0.000000776. The van der Waals surface area contributed by atoms with E-state index in [1.54, 1.807) is 5.43 Å². The molecule has 0 aliphatic heterocycles. The summed E-state index contributed by atoms with van der Waals surface area (Å²) < 4.78 is 5.98. The summed E-state index contributed by atoms with van der Waals surface area (Å²) in [5.74, 6) is 5.34. The predicted octanol–water partition coefficient (Wildman–Crippen LogP) is 3.17. The lowest BCUT2D eigenvalue weighted by Crippen LogP contribution is -2.18. The molecule has 28 heavy (non-hydrogen) atoms. The number of benzene rings is 2. The van der Waals surface area contributed by atoms with Crippen molar-refractivity contribution >= 4 is 24.1 Å². The molecule has 0 heterocycles. The maximum absolute atomic E-state index is 9.17. The van der Waals surface area contributed by atoms with Crippen molar-refractivity contribution in [3.8, 4) is 5.75 Å². The van der Waals surface area contributed by atoms with Gasteiger partial charge >= 0.3 is 0 Å². The second-order valence-electron chi connectivity index (χ2n) is 5.73. The molecule has 0 bridgehead atoms. The Hall–Kier alpha value is -3.06. The fraction of sp³-hybridized carbons (Fsp3) is 0.333. The number of hydrogen-bond donors (Lipinski definition) is 4. The highest BCUT2D eigenvalue weighted by Gasteiger charge is 2.07. The molecule has 0 aromatic heterocycles. The molecular formula is C21H32N4O3. The fourth-order valence-electron chi connectivity index (χ4n) is 2.24. The van der Waals surface area contributed by atoms with Crippen LogP contribution in [0, 0.1) is 13.8 Å². The van der Waals surface area contributed by atoms with E-state index in [0.717, 1.165) is 29.0 Å². The Bertz CT molecular complexity index is 713. The zero-order chi connectivity index (χ0) is 21.4. The number of hydrogen-bond acceptors (Lipinski definition) is 6. The molecular weight excluding hydrogens is 356 g/mol. The lowest BCUT2D eigenvalue weighted by molar-refractivity contribution is -0.109. The highest BCUT2D eigenvalue weighted by molar-refractivity contribution is 5.54. The minimum atomic E-state index is 0.403. The Labute approximate surface area is 167 Å². The smallest absolute Gasteiger partial charge is 0.221 e. The lowest BCUT2D eigenvalue weighted by atomic mass is 10.1. The van der Waals surface area contributed by atoms with E-state index in [4.69, 9.17) is 9.53 Å². The monoisotopic (exact) mass is 388 g/mol. The molecule has 0 spiro atoms. The van der Waals surface area contributed by atoms with Gasteiger partial charge in [-0.15, -0.1) is 0 Å². The molecule has 7 heteroatoms. The van der Waals surface area contributed by atoms with Gasteiger partial charge in [0, 0.05) is 37.5 Å². The average molecular weight is 389 g/mol. The molecule has 154 valence electrons. The first-order valence-electron chi connectivity index (χ1n) is 8.99. The fourth-order valence-corrected chi connectivity index (χ4v) is 2.24. The highest BCUT2D eigenvalue weighted by atomic mass is 16.5. The number of amides is 1. The molecule has 0 saturated heterocycles. The first kappa shape index (κ1) is 24.9. The van der Waals surface area contributed by atoms with E-state index in [1.165, 1.54) is 11.1 Å². The number of nitrogens with one attached hydrogen (secondary N) is 3. The van der Waals surface area contributed by atoms with Gasteiger partial charge in [0.05, 0.1) is 0 Å². The van der Waals surface area contributed by atoms with Crippen LogP contribution in [-0.4, -0.2) is 26.8 Å². The van der Waals surface area contributed by atoms with Gasteiger partial charge in [0.15, 0.2) is 0 Å². The molecule has 5 N–H and O–H groups in total. The third kappa shape index (κ3) is 9.05. The van der Waals surface area contributed by atoms with E-state index in [1.807, 2.05) is 33.2 Å². The van der Waals surface area contributed by atoms with Crippen LogP contribution in [0.5, 0.6) is 5.75 Å². The minimum Gasteiger partial charge on any atom is -0.489 e. The van der Waals surface area contributed by atoms with Crippen molar-refractivity contribution < 1.29 is 14.3 Å². The maximum Gasteiger partial charge on any atom is 0.221 e. The van der Waals surface area contributed by atoms with Gasteiger partial charge in [-0.2, -0.15) is 0 Å². The predicted molar refractivity (Wildman–Crippen MR) is 116 cm³/mol. The molecule has 2 aromatic rings. The normalized spacial score (nSPS) is 8.93. The Morgan fingerprint density at radius 3 is 2.14 bits per heavy atom. The summed E-state index contributed by atoms with van der Waals surface area (Å²) in [7, 11) is 3.85. The molecule has 0 aliphatic rings. The van der Waals surface area contributed by atoms with Gasteiger partial charge in [-0.3, -0.25) is 10.2 Å². The minimum absolute atomic E-state index is 0.403. The van der Waals surface area contributed by atoms with E-state index >= 15 is 0 Å². The van der Waals surface area contributed by atoms with Crippen molar-refractivity contribution in [2.45, 2.75) is 33.8 Å². The summed E-state index contributed by atoms with van der Waals surface area (Å²) in [6, 6.07) is 12.4. The molecule has 2 aromatic carbocycles. The summed E-state index contributed by atoms with van der Waals surface area (Å²) in [6.45, 7) is 6.55. The first-order chi connectivity index (χ1) is 13.5. The summed E-state index contributed by atoms with van der Waals surface area (Å²) in [5.41, 5.74) is 7.54. The third-order valence-corrected chi connectivity index (χ3v) is 3.75. The zero-order valence-electron chi connectivity index (χ0n) is 17.3. The van der Waals surface area contributed by atoms with Crippen LogP contribution in [0.15, 0.2) is 36.4 Å². The van der Waals surface area contributed by atoms with Crippen LogP contribution < -0.4 is 26.6 Å². The lowest BCUT2D eigenvalue weighted by Gasteiger charge is -2.15. The Morgan fingerprint density at radius 1 is 1.04 bits per heavy atom. The number of carbonyl (C=O) groups excluding carboxylic acids is 2.